The van der Waals surface area contributed by atoms with Crippen LogP contribution in [0.1, 0.15) is 95.8 Å². The van der Waals surface area contributed by atoms with Gasteiger partial charge in [0.1, 0.15) is 0 Å². The first-order valence-corrected chi connectivity index (χ1v) is 22.8. The first kappa shape index (κ1) is 45.9. The number of hydroxylamine groups is 2. The molecule has 2 heterocycles. The summed E-state index contributed by atoms with van der Waals surface area (Å²) in [4.78, 5) is 47.8. The summed E-state index contributed by atoms with van der Waals surface area (Å²) in [5.41, 5.74) is 4.04. The molecule has 0 atom stereocenters. The van der Waals surface area contributed by atoms with Crippen molar-refractivity contribution >= 4 is 49.4 Å². The molecule has 13 nitrogen and oxygen atoms in total. The number of amides is 2. The van der Waals surface area contributed by atoms with Crippen LogP contribution in [0.15, 0.2) is 123 Å². The van der Waals surface area contributed by atoms with Gasteiger partial charge in [-0.2, -0.15) is 16.8 Å². The van der Waals surface area contributed by atoms with Gasteiger partial charge in [0.2, 0.25) is 0 Å². The number of hydrogen-bond acceptors (Lipinski definition) is 10. The van der Waals surface area contributed by atoms with Gasteiger partial charge in [0.15, 0.2) is 0 Å². The Morgan fingerprint density at radius 1 is 0.883 bits per heavy atom. The molecule has 1 aliphatic carbocycles. The average molecular weight is 860 g/mol. The number of rotatable bonds is 17. The van der Waals surface area contributed by atoms with Gasteiger partial charge in [0.25, 0.3) is 32.1 Å². The van der Waals surface area contributed by atoms with Crippen LogP contribution in [-0.2, 0) is 50.3 Å². The Morgan fingerprint density at radius 3 is 2.23 bits per heavy atom. The lowest BCUT2D eigenvalue weighted by molar-refractivity contribution is -0.197. The number of allylic oxidation sites excluding steroid dienone is 12. The van der Waals surface area contributed by atoms with Crippen LogP contribution >= 0.6 is 0 Å². The van der Waals surface area contributed by atoms with Crippen molar-refractivity contribution in [2.75, 3.05) is 18.0 Å². The summed E-state index contributed by atoms with van der Waals surface area (Å²) < 4.78 is 68.6. The Labute approximate surface area is 353 Å². The van der Waals surface area contributed by atoms with E-state index in [-0.39, 0.29) is 29.1 Å². The third-order valence-corrected chi connectivity index (χ3v) is 12.6. The number of aryl methyl sites for hydroxylation is 1. The van der Waals surface area contributed by atoms with Crippen molar-refractivity contribution in [2.45, 2.75) is 107 Å². The second-order valence-corrected chi connectivity index (χ2v) is 18.9. The van der Waals surface area contributed by atoms with E-state index in [1.54, 1.807) is 12.1 Å². The fourth-order valence-electron chi connectivity index (χ4n) is 7.59. The van der Waals surface area contributed by atoms with Crippen LogP contribution in [0.2, 0.25) is 0 Å². The van der Waals surface area contributed by atoms with Crippen molar-refractivity contribution in [3.8, 4) is 0 Å². The monoisotopic (exact) mass is 859 g/mol. The van der Waals surface area contributed by atoms with Gasteiger partial charge in [-0.15, -0.1) is 5.06 Å². The highest BCUT2D eigenvalue weighted by molar-refractivity contribution is 7.86. The maximum Gasteiger partial charge on any atom is 0.333 e. The van der Waals surface area contributed by atoms with E-state index in [1.165, 1.54) is 24.3 Å². The molecule has 0 aromatic heterocycles. The SMILES string of the molecule is Cc1ccc(S(=O)(=O)O)cc1C(C)(C)C(/C=C/C=C1/N(CCCCCC(=O)ON2C(=O)CCC2=O)c2ccc(S(=O)(=O)O)cc2C1(C)C)=N/CCCC1=C/C=C\C=C/C=C\1. The number of fused-ring (bicyclic) bond motifs is 1. The minimum absolute atomic E-state index is 0.00942. The van der Waals surface area contributed by atoms with E-state index in [4.69, 9.17) is 9.83 Å². The fraction of sp³-hybridized carbons (Fsp3) is 0.378. The lowest BCUT2D eigenvalue weighted by Gasteiger charge is -2.29. The summed E-state index contributed by atoms with van der Waals surface area (Å²) >= 11 is 0. The van der Waals surface area contributed by atoms with Gasteiger partial charge in [-0.3, -0.25) is 23.7 Å². The number of benzene rings is 2. The largest absolute Gasteiger partial charge is 0.344 e. The highest BCUT2D eigenvalue weighted by Gasteiger charge is 2.40. The molecule has 2 N–H and O–H groups in total. The number of carbonyl (C=O) groups is 3. The molecular formula is C45H53N3O10S2. The number of carbonyl (C=O) groups excluding carboxylic acids is 3. The van der Waals surface area contributed by atoms with E-state index in [9.17, 15) is 40.3 Å². The van der Waals surface area contributed by atoms with Crippen LogP contribution in [-0.4, -0.2) is 67.6 Å². The molecular weight excluding hydrogens is 807 g/mol. The molecule has 0 spiro atoms. The molecule has 0 unspecified atom stereocenters. The van der Waals surface area contributed by atoms with Gasteiger partial charge >= 0.3 is 5.97 Å². The number of anilines is 1. The normalized spacial score (nSPS) is 20.2. The highest BCUT2D eigenvalue weighted by Crippen LogP contribution is 2.48. The molecule has 1 saturated heterocycles. The van der Waals surface area contributed by atoms with Crippen LogP contribution in [0.5, 0.6) is 0 Å². The summed E-state index contributed by atoms with van der Waals surface area (Å²) in [6.45, 7) is 10.7. The summed E-state index contributed by atoms with van der Waals surface area (Å²) in [6, 6.07) is 9.01. The van der Waals surface area contributed by atoms with Crippen LogP contribution in [0.3, 0.4) is 0 Å². The van der Waals surface area contributed by atoms with Crippen LogP contribution in [0.4, 0.5) is 5.69 Å². The van der Waals surface area contributed by atoms with Crippen molar-refractivity contribution in [1.82, 2.24) is 5.06 Å². The molecule has 1 fully saturated rings. The Balaban J connectivity index is 1.44. The van der Waals surface area contributed by atoms with E-state index in [0.29, 0.717) is 54.3 Å². The topological polar surface area (TPSA) is 188 Å². The highest BCUT2D eigenvalue weighted by atomic mass is 32.2. The third-order valence-electron chi connectivity index (χ3n) is 10.9. The van der Waals surface area contributed by atoms with Crippen molar-refractivity contribution in [2.24, 2.45) is 4.99 Å². The zero-order chi connectivity index (χ0) is 43.9. The Kier molecular flexibility index (Phi) is 14.5. The molecule has 60 heavy (non-hydrogen) atoms. The van der Waals surface area contributed by atoms with Gasteiger partial charge in [-0.05, 0) is 97.4 Å². The molecule has 0 bridgehead atoms. The quantitative estimate of drug-likeness (QED) is 0.0679. The average Bonchev–Trinajstić information content (AvgIpc) is 3.58. The lowest BCUT2D eigenvalue weighted by atomic mass is 9.77. The van der Waals surface area contributed by atoms with Crippen molar-refractivity contribution in [3.05, 3.63) is 125 Å². The van der Waals surface area contributed by atoms with E-state index in [1.807, 2.05) is 83.2 Å². The zero-order valence-electron chi connectivity index (χ0n) is 34.6. The minimum atomic E-state index is -4.49. The predicted octanol–water partition coefficient (Wildman–Crippen LogP) is 8.00. The Bertz CT molecular complexity index is 2440. The van der Waals surface area contributed by atoms with Gasteiger partial charge in [-0.1, -0.05) is 88.8 Å². The molecule has 2 amide bonds. The standard InChI is InChI=1S/C45H53N3O10S2/c1-32-22-23-34(59(52,53)54)30-36(32)44(2,3)39(46-28-15-18-33-16-10-7-6-8-11-17-33)19-14-20-40-45(4,5)37-31-35(60(55,56)57)24-25-38(37)47(40)29-13-9-12-21-43(51)58-48-41(49)26-27-42(48)50/h6-8,10-11,14,16-17,19-20,22-25,30-31H,9,12-13,15,18,21,26-29H2,1-5H3,(H,52,53,54)(H,55,56,57)/b7-6-,8-6?,10-7?,11-8-,16-10-,17-11?,19-14+,33-16?,33-17+,40-20+,46-39+. The number of imide groups is 1. The molecule has 2 aromatic carbocycles. The maximum atomic E-state index is 12.4. The van der Waals surface area contributed by atoms with Crippen LogP contribution in [0, 0.1) is 6.92 Å². The smallest absolute Gasteiger partial charge is 0.333 e. The Hall–Kier alpha value is -5.22. The van der Waals surface area contributed by atoms with Gasteiger partial charge in [-0.25, -0.2) is 4.79 Å². The first-order valence-electron chi connectivity index (χ1n) is 19.9. The second kappa shape index (κ2) is 19.0. The third kappa shape index (κ3) is 11.1. The number of aliphatic imine (C=N–C) groups is 1. The second-order valence-electron chi connectivity index (χ2n) is 16.0. The molecule has 5 rings (SSSR count). The lowest BCUT2D eigenvalue weighted by Crippen LogP contribution is -2.32. The van der Waals surface area contributed by atoms with Crippen molar-refractivity contribution in [1.29, 1.82) is 0 Å². The molecule has 0 radical (unpaired) electrons. The molecule has 15 heteroatoms. The number of nitrogens with zero attached hydrogens (tertiary/aromatic N) is 3. The van der Waals surface area contributed by atoms with Crippen molar-refractivity contribution in [3.63, 3.8) is 0 Å². The van der Waals surface area contributed by atoms with E-state index in [0.717, 1.165) is 35.4 Å². The summed E-state index contributed by atoms with van der Waals surface area (Å²) in [5, 5.41) is 0.538. The van der Waals surface area contributed by atoms with E-state index in [2.05, 4.69) is 17.1 Å². The minimum Gasteiger partial charge on any atom is -0.344 e. The van der Waals surface area contributed by atoms with E-state index >= 15 is 0 Å². The summed E-state index contributed by atoms with van der Waals surface area (Å²) in [6.07, 6.45) is 22.9. The first-order chi connectivity index (χ1) is 28.2. The molecule has 0 saturated carbocycles. The van der Waals surface area contributed by atoms with Crippen molar-refractivity contribution < 1.29 is 45.2 Å². The summed E-state index contributed by atoms with van der Waals surface area (Å²) in [5.74, 6) is -1.74. The zero-order valence-corrected chi connectivity index (χ0v) is 36.3. The van der Waals surface area contributed by atoms with Gasteiger partial charge in [0, 0.05) is 60.3 Å². The maximum absolute atomic E-state index is 12.4. The van der Waals surface area contributed by atoms with Gasteiger partial charge in [0.05, 0.1) is 9.79 Å². The van der Waals surface area contributed by atoms with Crippen LogP contribution in [0.25, 0.3) is 0 Å². The predicted molar refractivity (Wildman–Crippen MR) is 231 cm³/mol. The number of unbranched alkanes of at least 4 members (excludes halogenated alkanes) is 2. The molecule has 3 aliphatic rings. The Morgan fingerprint density at radius 2 is 1.53 bits per heavy atom. The molecule has 2 aliphatic heterocycles. The summed E-state index contributed by atoms with van der Waals surface area (Å²) in [7, 11) is -8.97. The fourth-order valence-corrected chi connectivity index (χ4v) is 8.61. The van der Waals surface area contributed by atoms with E-state index < -0.39 is 48.8 Å². The van der Waals surface area contributed by atoms with Gasteiger partial charge < -0.3 is 9.74 Å². The molecule has 320 valence electrons. The van der Waals surface area contributed by atoms with Crippen LogP contribution < -0.4 is 4.90 Å². The number of hydrogen-bond donors (Lipinski definition) is 2. The molecule has 2 aromatic rings.